The summed E-state index contributed by atoms with van der Waals surface area (Å²) < 4.78 is 6.78. The summed E-state index contributed by atoms with van der Waals surface area (Å²) in [6.45, 7) is 7.65. The lowest BCUT2D eigenvalue weighted by atomic mass is 10.1. The summed E-state index contributed by atoms with van der Waals surface area (Å²) in [5.41, 5.74) is 2.43. The number of hydrogen-bond donors (Lipinski definition) is 2. The van der Waals surface area contributed by atoms with Gasteiger partial charge in [-0.15, -0.1) is 0 Å². The van der Waals surface area contributed by atoms with Crippen LogP contribution in [0.1, 0.15) is 19.4 Å². The van der Waals surface area contributed by atoms with Crippen molar-refractivity contribution in [3.8, 4) is 0 Å². The molecule has 0 saturated carbocycles. The molecule has 1 fully saturated rings. The van der Waals surface area contributed by atoms with Gasteiger partial charge in [0, 0.05) is 24.1 Å². The van der Waals surface area contributed by atoms with Crippen LogP contribution in [0, 0.1) is 0 Å². The van der Waals surface area contributed by atoms with Crippen LogP contribution in [0.4, 0.5) is 5.69 Å². The van der Waals surface area contributed by atoms with Crippen molar-refractivity contribution < 1.29 is 9.84 Å². The second kappa shape index (κ2) is 7.41. The lowest BCUT2D eigenvalue weighted by molar-refractivity contribution is -0.0421. The Balaban J connectivity index is 2.11. The summed E-state index contributed by atoms with van der Waals surface area (Å²) in [4.78, 5) is 2.27. The van der Waals surface area contributed by atoms with Gasteiger partial charge in [0.25, 0.3) is 0 Å². The first kappa shape index (κ1) is 15.8. The van der Waals surface area contributed by atoms with E-state index in [1.807, 2.05) is 6.92 Å². The maximum atomic E-state index is 9.31. The van der Waals surface area contributed by atoms with Crippen molar-refractivity contribution in [2.45, 2.75) is 32.6 Å². The number of benzene rings is 1. The molecular weight excluding hydrogens is 320 g/mol. The van der Waals surface area contributed by atoms with Gasteiger partial charge in [0.1, 0.15) is 0 Å². The Morgan fingerprint density at radius 3 is 2.90 bits per heavy atom. The first-order valence-electron chi connectivity index (χ1n) is 7.14. The topological polar surface area (TPSA) is 44.7 Å². The normalized spacial score (nSPS) is 23.1. The molecule has 1 saturated heterocycles. The molecule has 4 nitrogen and oxygen atoms in total. The third-order valence-corrected chi connectivity index (χ3v) is 4.10. The van der Waals surface area contributed by atoms with Crippen LogP contribution in [0.25, 0.3) is 0 Å². The standard InChI is InChI=1S/C15H23BrN2O2/c1-3-17-7-12-4-5-15(14(16)6-12)18-8-11(2)20-13(9-18)10-19/h4-6,11,13,17,19H,3,7-10H2,1-2H3. The van der Waals surface area contributed by atoms with Gasteiger partial charge in [-0.25, -0.2) is 0 Å². The van der Waals surface area contributed by atoms with Gasteiger partial charge >= 0.3 is 0 Å². The molecule has 1 aliphatic rings. The molecule has 0 aromatic heterocycles. The molecule has 0 bridgehead atoms. The van der Waals surface area contributed by atoms with Crippen LogP contribution in [0.15, 0.2) is 22.7 Å². The van der Waals surface area contributed by atoms with Crippen molar-refractivity contribution in [3.63, 3.8) is 0 Å². The Hall–Kier alpha value is -0.620. The molecule has 112 valence electrons. The number of aliphatic hydroxyl groups is 1. The van der Waals surface area contributed by atoms with Gasteiger partial charge in [-0.1, -0.05) is 13.0 Å². The molecule has 0 amide bonds. The summed E-state index contributed by atoms with van der Waals surface area (Å²) in [6, 6.07) is 6.45. The van der Waals surface area contributed by atoms with Crippen LogP contribution in [-0.4, -0.2) is 43.6 Å². The number of anilines is 1. The van der Waals surface area contributed by atoms with Crippen molar-refractivity contribution in [2.75, 3.05) is 31.1 Å². The van der Waals surface area contributed by atoms with E-state index >= 15 is 0 Å². The third-order valence-electron chi connectivity index (χ3n) is 3.46. The smallest absolute Gasteiger partial charge is 0.0984 e. The molecule has 1 aliphatic heterocycles. The zero-order valence-electron chi connectivity index (χ0n) is 12.1. The molecule has 1 heterocycles. The summed E-state index contributed by atoms with van der Waals surface area (Å²) in [7, 11) is 0. The molecule has 0 spiro atoms. The van der Waals surface area contributed by atoms with Crippen molar-refractivity contribution in [2.24, 2.45) is 0 Å². The fourth-order valence-electron chi connectivity index (χ4n) is 2.53. The lowest BCUT2D eigenvalue weighted by Gasteiger charge is -2.38. The van der Waals surface area contributed by atoms with Crippen LogP contribution in [0.2, 0.25) is 0 Å². The number of rotatable bonds is 5. The van der Waals surface area contributed by atoms with Gasteiger partial charge in [0.2, 0.25) is 0 Å². The second-order valence-corrected chi connectivity index (χ2v) is 6.08. The molecule has 2 unspecified atom stereocenters. The largest absolute Gasteiger partial charge is 0.394 e. The average molecular weight is 343 g/mol. The molecule has 1 aromatic rings. The first-order valence-corrected chi connectivity index (χ1v) is 7.93. The molecule has 2 rings (SSSR count). The van der Waals surface area contributed by atoms with E-state index in [-0.39, 0.29) is 18.8 Å². The van der Waals surface area contributed by atoms with E-state index in [4.69, 9.17) is 4.74 Å². The minimum absolute atomic E-state index is 0.0664. The summed E-state index contributed by atoms with van der Waals surface area (Å²) >= 11 is 3.66. The molecule has 5 heteroatoms. The van der Waals surface area contributed by atoms with E-state index in [1.54, 1.807) is 0 Å². The molecule has 0 radical (unpaired) electrons. The zero-order chi connectivity index (χ0) is 14.5. The molecule has 0 aliphatic carbocycles. The van der Waals surface area contributed by atoms with E-state index in [0.29, 0.717) is 0 Å². The minimum atomic E-state index is -0.105. The highest BCUT2D eigenvalue weighted by Gasteiger charge is 2.25. The Morgan fingerprint density at radius 2 is 2.25 bits per heavy atom. The quantitative estimate of drug-likeness (QED) is 0.860. The number of aliphatic hydroxyl groups excluding tert-OH is 1. The summed E-state index contributed by atoms with van der Waals surface area (Å²) in [6.07, 6.45) is 0.0290. The number of ether oxygens (including phenoxy) is 1. The van der Waals surface area contributed by atoms with E-state index in [1.165, 1.54) is 11.3 Å². The highest BCUT2D eigenvalue weighted by molar-refractivity contribution is 9.10. The molecular formula is C15H23BrN2O2. The zero-order valence-corrected chi connectivity index (χ0v) is 13.7. The summed E-state index contributed by atoms with van der Waals surface area (Å²) in [5.74, 6) is 0. The van der Waals surface area contributed by atoms with Crippen LogP contribution in [0.5, 0.6) is 0 Å². The molecule has 2 atom stereocenters. The van der Waals surface area contributed by atoms with Crippen molar-refractivity contribution in [1.82, 2.24) is 5.32 Å². The van der Waals surface area contributed by atoms with Gasteiger partial charge in [0.05, 0.1) is 24.5 Å². The second-order valence-electron chi connectivity index (χ2n) is 5.22. The maximum absolute atomic E-state index is 9.31. The van der Waals surface area contributed by atoms with Crippen LogP contribution >= 0.6 is 15.9 Å². The number of nitrogens with one attached hydrogen (secondary N) is 1. The Bertz CT molecular complexity index is 442. The third kappa shape index (κ3) is 3.95. The Morgan fingerprint density at radius 1 is 1.45 bits per heavy atom. The number of halogens is 1. The maximum Gasteiger partial charge on any atom is 0.0984 e. The van der Waals surface area contributed by atoms with Gasteiger partial charge in [0.15, 0.2) is 0 Å². The Kier molecular flexibility index (Phi) is 5.84. The fraction of sp³-hybridized carbons (Fsp3) is 0.600. The van der Waals surface area contributed by atoms with Crippen LogP contribution in [-0.2, 0) is 11.3 Å². The molecule has 20 heavy (non-hydrogen) atoms. The average Bonchev–Trinajstić information content (AvgIpc) is 2.44. The van der Waals surface area contributed by atoms with Crippen LogP contribution < -0.4 is 10.2 Å². The first-order chi connectivity index (χ1) is 9.63. The van der Waals surface area contributed by atoms with Gasteiger partial charge in [-0.2, -0.15) is 0 Å². The number of morpholine rings is 1. The molecule has 1 aromatic carbocycles. The summed E-state index contributed by atoms with van der Waals surface area (Å²) in [5, 5.41) is 12.6. The van der Waals surface area contributed by atoms with Crippen molar-refractivity contribution >= 4 is 21.6 Å². The number of hydrogen-bond acceptors (Lipinski definition) is 4. The minimum Gasteiger partial charge on any atom is -0.394 e. The fourth-order valence-corrected chi connectivity index (χ4v) is 3.21. The Labute approximate surface area is 129 Å². The van der Waals surface area contributed by atoms with Crippen molar-refractivity contribution in [3.05, 3.63) is 28.2 Å². The van der Waals surface area contributed by atoms with E-state index in [9.17, 15) is 5.11 Å². The van der Waals surface area contributed by atoms with Crippen LogP contribution in [0.3, 0.4) is 0 Å². The predicted molar refractivity (Wildman–Crippen MR) is 85.2 cm³/mol. The van der Waals surface area contributed by atoms with E-state index in [2.05, 4.69) is 51.3 Å². The highest BCUT2D eigenvalue weighted by atomic mass is 79.9. The number of nitrogens with zero attached hydrogens (tertiary/aromatic N) is 1. The highest BCUT2D eigenvalue weighted by Crippen LogP contribution is 2.29. The lowest BCUT2D eigenvalue weighted by Crippen LogP contribution is -2.48. The van der Waals surface area contributed by atoms with Crippen molar-refractivity contribution in [1.29, 1.82) is 0 Å². The van der Waals surface area contributed by atoms with Gasteiger partial charge in [-0.3, -0.25) is 0 Å². The van der Waals surface area contributed by atoms with E-state index in [0.717, 1.165) is 30.7 Å². The predicted octanol–water partition coefficient (Wildman–Crippen LogP) is 2.14. The van der Waals surface area contributed by atoms with Gasteiger partial charge < -0.3 is 20.1 Å². The monoisotopic (exact) mass is 342 g/mol. The SMILES string of the molecule is CCNCc1ccc(N2CC(C)OC(CO)C2)c(Br)c1. The molecule has 2 N–H and O–H groups in total. The van der Waals surface area contributed by atoms with E-state index < -0.39 is 0 Å². The van der Waals surface area contributed by atoms with Gasteiger partial charge in [-0.05, 0) is 47.1 Å².